The van der Waals surface area contributed by atoms with Crippen LogP contribution in [0.25, 0.3) is 0 Å². The van der Waals surface area contributed by atoms with Gasteiger partial charge in [-0.25, -0.2) is 4.79 Å². The largest absolute Gasteiger partial charge is 0.481 e. The summed E-state index contributed by atoms with van der Waals surface area (Å²) in [6, 6.07) is 0. The van der Waals surface area contributed by atoms with E-state index in [1.807, 2.05) is 0 Å². The molecule has 1 N–H and O–H groups in total. The Labute approximate surface area is 77.2 Å². The smallest absolute Gasteiger partial charge is 0.330 e. The van der Waals surface area contributed by atoms with Crippen LogP contribution in [0.2, 0.25) is 0 Å². The maximum atomic E-state index is 10.9. The lowest BCUT2D eigenvalue weighted by Gasteiger charge is -1.98. The number of aliphatic carboxylic acids is 1. The standard InChI is InChI=1S/C9H14O4/c1-3-13-9(12)6-7(2)4-5-8(10)11/h6H,3-5H2,1-2H3,(H,10,11)/b7-6+. The molecule has 0 spiro atoms. The van der Waals surface area contributed by atoms with E-state index in [1.165, 1.54) is 6.08 Å². The number of hydrogen-bond donors (Lipinski definition) is 1. The second kappa shape index (κ2) is 6.22. The summed E-state index contributed by atoms with van der Waals surface area (Å²) in [7, 11) is 0. The number of carbonyl (C=O) groups excluding carboxylic acids is 1. The van der Waals surface area contributed by atoms with Gasteiger partial charge in [-0.05, 0) is 20.3 Å². The van der Waals surface area contributed by atoms with Gasteiger partial charge in [-0.1, -0.05) is 5.57 Å². The highest BCUT2D eigenvalue weighted by atomic mass is 16.5. The summed E-state index contributed by atoms with van der Waals surface area (Å²) in [4.78, 5) is 21.0. The summed E-state index contributed by atoms with van der Waals surface area (Å²) >= 11 is 0. The quantitative estimate of drug-likeness (QED) is 0.520. The molecule has 0 saturated carbocycles. The van der Waals surface area contributed by atoms with Crippen molar-refractivity contribution in [3.63, 3.8) is 0 Å². The van der Waals surface area contributed by atoms with Crippen LogP contribution in [-0.4, -0.2) is 23.7 Å². The number of esters is 1. The van der Waals surface area contributed by atoms with Crippen molar-refractivity contribution >= 4 is 11.9 Å². The molecule has 0 saturated heterocycles. The molecule has 0 atom stereocenters. The lowest BCUT2D eigenvalue weighted by Crippen LogP contribution is -2.01. The molecule has 0 bridgehead atoms. The van der Waals surface area contributed by atoms with Crippen molar-refractivity contribution in [2.45, 2.75) is 26.7 Å². The molecule has 0 amide bonds. The third-order valence-corrected chi connectivity index (χ3v) is 1.38. The van der Waals surface area contributed by atoms with Gasteiger partial charge >= 0.3 is 11.9 Å². The first kappa shape index (κ1) is 11.7. The van der Waals surface area contributed by atoms with Gasteiger partial charge in [0, 0.05) is 12.5 Å². The second-order valence-corrected chi connectivity index (χ2v) is 2.64. The van der Waals surface area contributed by atoms with Crippen molar-refractivity contribution in [2.24, 2.45) is 0 Å². The van der Waals surface area contributed by atoms with Gasteiger partial charge in [0.2, 0.25) is 0 Å². The molecule has 0 aromatic rings. The highest BCUT2D eigenvalue weighted by Gasteiger charge is 2.00. The van der Waals surface area contributed by atoms with Gasteiger partial charge in [0.1, 0.15) is 0 Å². The van der Waals surface area contributed by atoms with E-state index in [4.69, 9.17) is 5.11 Å². The number of carbonyl (C=O) groups is 2. The first-order valence-corrected chi connectivity index (χ1v) is 4.12. The number of hydrogen-bond acceptors (Lipinski definition) is 3. The third-order valence-electron chi connectivity index (χ3n) is 1.38. The van der Waals surface area contributed by atoms with Crippen LogP contribution in [0.5, 0.6) is 0 Å². The van der Waals surface area contributed by atoms with Crippen LogP contribution in [0.15, 0.2) is 11.6 Å². The van der Waals surface area contributed by atoms with Gasteiger partial charge in [0.15, 0.2) is 0 Å². The van der Waals surface area contributed by atoms with Gasteiger partial charge in [-0.3, -0.25) is 4.79 Å². The Bertz CT molecular complexity index is 218. The molecule has 13 heavy (non-hydrogen) atoms. The summed E-state index contributed by atoms with van der Waals surface area (Å²) in [5, 5.41) is 8.36. The predicted octanol–water partition coefficient (Wildman–Crippen LogP) is 1.36. The molecular formula is C9H14O4. The van der Waals surface area contributed by atoms with Crippen LogP contribution < -0.4 is 0 Å². The van der Waals surface area contributed by atoms with E-state index >= 15 is 0 Å². The summed E-state index contributed by atoms with van der Waals surface area (Å²) in [5.41, 5.74) is 0.723. The van der Waals surface area contributed by atoms with Crippen molar-refractivity contribution in [3.8, 4) is 0 Å². The van der Waals surface area contributed by atoms with Gasteiger partial charge in [-0.2, -0.15) is 0 Å². The van der Waals surface area contributed by atoms with Crippen molar-refractivity contribution in [3.05, 3.63) is 11.6 Å². The Morgan fingerprint density at radius 3 is 2.46 bits per heavy atom. The average molecular weight is 186 g/mol. The molecule has 0 rings (SSSR count). The van der Waals surface area contributed by atoms with E-state index < -0.39 is 11.9 Å². The molecule has 0 radical (unpaired) electrons. The molecule has 4 heteroatoms. The fourth-order valence-corrected chi connectivity index (χ4v) is 0.761. The topological polar surface area (TPSA) is 63.6 Å². The number of allylic oxidation sites excluding steroid dienone is 1. The van der Waals surface area contributed by atoms with Crippen LogP contribution in [0.3, 0.4) is 0 Å². The first-order chi connectivity index (χ1) is 6.06. The highest BCUT2D eigenvalue weighted by molar-refractivity contribution is 5.82. The van der Waals surface area contributed by atoms with Crippen LogP contribution in [-0.2, 0) is 14.3 Å². The Balaban J connectivity index is 3.87. The maximum absolute atomic E-state index is 10.9. The Hall–Kier alpha value is -1.32. The average Bonchev–Trinajstić information content (AvgIpc) is 2.01. The monoisotopic (exact) mass is 186 g/mol. The van der Waals surface area contributed by atoms with Crippen molar-refractivity contribution in [1.82, 2.24) is 0 Å². The maximum Gasteiger partial charge on any atom is 0.330 e. The molecular weight excluding hydrogens is 172 g/mol. The van der Waals surface area contributed by atoms with Gasteiger partial charge < -0.3 is 9.84 Å². The summed E-state index contributed by atoms with van der Waals surface area (Å²) in [5.74, 6) is -1.28. The van der Waals surface area contributed by atoms with Crippen LogP contribution in [0.1, 0.15) is 26.7 Å². The van der Waals surface area contributed by atoms with Crippen LogP contribution >= 0.6 is 0 Å². The molecule has 0 aromatic carbocycles. The third kappa shape index (κ3) is 7.05. The lowest BCUT2D eigenvalue weighted by atomic mass is 10.1. The van der Waals surface area contributed by atoms with Crippen LogP contribution in [0.4, 0.5) is 0 Å². The molecule has 0 fully saturated rings. The highest BCUT2D eigenvalue weighted by Crippen LogP contribution is 2.03. The van der Waals surface area contributed by atoms with Crippen LogP contribution in [0, 0.1) is 0 Å². The molecule has 4 nitrogen and oxygen atoms in total. The van der Waals surface area contributed by atoms with Gasteiger partial charge in [0.25, 0.3) is 0 Å². The zero-order valence-electron chi connectivity index (χ0n) is 7.87. The zero-order chi connectivity index (χ0) is 10.3. The minimum absolute atomic E-state index is 0.0434. The van der Waals surface area contributed by atoms with Crippen molar-refractivity contribution < 1.29 is 19.4 Å². The normalized spacial score (nSPS) is 11.1. The molecule has 0 aliphatic carbocycles. The van der Waals surface area contributed by atoms with Gasteiger partial charge in [0.05, 0.1) is 6.61 Å². The zero-order valence-corrected chi connectivity index (χ0v) is 7.87. The minimum atomic E-state index is -0.864. The van der Waals surface area contributed by atoms with Gasteiger partial charge in [-0.15, -0.1) is 0 Å². The van der Waals surface area contributed by atoms with E-state index in [2.05, 4.69) is 4.74 Å². The van der Waals surface area contributed by atoms with Crippen molar-refractivity contribution in [2.75, 3.05) is 6.61 Å². The first-order valence-electron chi connectivity index (χ1n) is 4.12. The Morgan fingerprint density at radius 1 is 1.38 bits per heavy atom. The fourth-order valence-electron chi connectivity index (χ4n) is 0.761. The Kier molecular flexibility index (Phi) is 5.59. The minimum Gasteiger partial charge on any atom is -0.481 e. The molecule has 0 aromatic heterocycles. The molecule has 0 heterocycles. The number of rotatable bonds is 5. The van der Waals surface area contributed by atoms with E-state index in [1.54, 1.807) is 13.8 Å². The van der Waals surface area contributed by atoms with E-state index in [0.29, 0.717) is 13.0 Å². The van der Waals surface area contributed by atoms with Crippen molar-refractivity contribution in [1.29, 1.82) is 0 Å². The molecule has 0 aliphatic heterocycles. The molecule has 0 aliphatic rings. The number of carboxylic acid groups (broad SMARTS) is 1. The molecule has 0 unspecified atom stereocenters. The summed E-state index contributed by atoms with van der Waals surface area (Å²) in [6.45, 7) is 3.76. The van der Waals surface area contributed by atoms with E-state index in [0.717, 1.165) is 5.57 Å². The second-order valence-electron chi connectivity index (χ2n) is 2.64. The summed E-state index contributed by atoms with van der Waals surface area (Å²) < 4.78 is 4.66. The van der Waals surface area contributed by atoms with E-state index in [-0.39, 0.29) is 6.42 Å². The fraction of sp³-hybridized carbons (Fsp3) is 0.556. The lowest BCUT2D eigenvalue weighted by molar-refractivity contribution is -0.138. The SMILES string of the molecule is CCOC(=O)/C=C(\C)CCC(=O)O. The summed E-state index contributed by atoms with van der Waals surface area (Å²) in [6.07, 6.45) is 1.75. The molecule has 74 valence electrons. The Morgan fingerprint density at radius 2 is 2.00 bits per heavy atom. The number of carboxylic acids is 1. The van der Waals surface area contributed by atoms with E-state index in [9.17, 15) is 9.59 Å². The predicted molar refractivity (Wildman–Crippen MR) is 47.3 cm³/mol. The number of ether oxygens (including phenoxy) is 1.